The van der Waals surface area contributed by atoms with Crippen molar-refractivity contribution in [1.29, 1.82) is 5.26 Å². The number of nitrogens with zero attached hydrogens (tertiary/aromatic N) is 3. The van der Waals surface area contributed by atoms with Gasteiger partial charge in [-0.05, 0) is 13.0 Å². The Morgan fingerprint density at radius 2 is 2.32 bits per heavy atom. The fourth-order valence-electron chi connectivity index (χ4n) is 1.68. The highest BCUT2D eigenvalue weighted by Gasteiger charge is 2.09. The van der Waals surface area contributed by atoms with Crippen molar-refractivity contribution in [2.45, 2.75) is 19.5 Å². The zero-order chi connectivity index (χ0) is 13.5. The van der Waals surface area contributed by atoms with E-state index in [0.29, 0.717) is 6.54 Å². The molecule has 0 spiro atoms. The minimum Gasteiger partial charge on any atom is -0.478 e. The van der Waals surface area contributed by atoms with Gasteiger partial charge in [0.05, 0.1) is 6.04 Å². The number of hydrogen-bond acceptors (Lipinski definition) is 5. The molecule has 1 unspecified atom stereocenters. The summed E-state index contributed by atoms with van der Waals surface area (Å²) >= 11 is 0. The number of aromatic nitrogens is 3. The second kappa shape index (κ2) is 6.52. The zero-order valence-electron chi connectivity index (χ0n) is 10.6. The molecule has 1 aromatic heterocycles. The summed E-state index contributed by atoms with van der Waals surface area (Å²) in [5, 5.41) is 18.5. The molecular weight excluding hydrogens is 242 g/mol. The molecule has 0 aliphatic rings. The molecule has 2 N–H and O–H groups in total. The molecule has 0 radical (unpaired) electrons. The van der Waals surface area contributed by atoms with E-state index in [1.165, 1.54) is 6.33 Å². The molecule has 1 atom stereocenters. The smallest absolute Gasteiger partial charge is 0.174 e. The number of nitrogens with one attached hydrogen (secondary N) is 2. The van der Waals surface area contributed by atoms with E-state index in [1.807, 2.05) is 37.3 Å². The summed E-state index contributed by atoms with van der Waals surface area (Å²) in [5.41, 5.74) is 1.00. The number of benzene rings is 1. The summed E-state index contributed by atoms with van der Waals surface area (Å²) in [6.07, 6.45) is 1.48. The van der Waals surface area contributed by atoms with Crippen molar-refractivity contribution in [2.75, 3.05) is 6.61 Å². The first kappa shape index (κ1) is 13.1. The van der Waals surface area contributed by atoms with E-state index in [-0.39, 0.29) is 12.6 Å². The Labute approximate surface area is 111 Å². The van der Waals surface area contributed by atoms with E-state index in [9.17, 15) is 0 Å². The Morgan fingerprint density at radius 3 is 3.05 bits per heavy atom. The van der Waals surface area contributed by atoms with Crippen LogP contribution in [0.1, 0.15) is 24.4 Å². The minimum absolute atomic E-state index is 0.0503. The summed E-state index contributed by atoms with van der Waals surface area (Å²) in [6.45, 7) is 2.68. The van der Waals surface area contributed by atoms with Gasteiger partial charge < -0.3 is 10.1 Å². The molecule has 0 saturated heterocycles. The van der Waals surface area contributed by atoms with Crippen LogP contribution < -0.4 is 10.1 Å². The Bertz CT molecular complexity index is 546. The van der Waals surface area contributed by atoms with Crippen LogP contribution >= 0.6 is 0 Å². The lowest BCUT2D eigenvalue weighted by Crippen LogP contribution is -2.19. The molecule has 2 rings (SSSR count). The number of nitriles is 1. The Hall–Kier alpha value is -2.39. The normalized spacial score (nSPS) is 11.8. The first-order chi connectivity index (χ1) is 9.31. The van der Waals surface area contributed by atoms with Gasteiger partial charge in [-0.15, -0.1) is 0 Å². The molecule has 19 heavy (non-hydrogen) atoms. The molecule has 6 nitrogen and oxygen atoms in total. The van der Waals surface area contributed by atoms with Crippen LogP contribution in [0.2, 0.25) is 0 Å². The van der Waals surface area contributed by atoms with Gasteiger partial charge in [-0.25, -0.2) is 4.98 Å². The molecule has 0 fully saturated rings. The molecule has 0 amide bonds. The van der Waals surface area contributed by atoms with Crippen molar-refractivity contribution in [3.05, 3.63) is 42.0 Å². The quantitative estimate of drug-likeness (QED) is 0.820. The van der Waals surface area contributed by atoms with Gasteiger partial charge in [-0.3, -0.25) is 5.10 Å². The van der Waals surface area contributed by atoms with E-state index in [1.54, 1.807) is 0 Å². The predicted molar refractivity (Wildman–Crippen MR) is 69.2 cm³/mol. The summed E-state index contributed by atoms with van der Waals surface area (Å²) < 4.78 is 5.37. The summed E-state index contributed by atoms with van der Waals surface area (Å²) in [6, 6.07) is 9.67. The Kier molecular flexibility index (Phi) is 4.48. The number of rotatable bonds is 6. The molecule has 0 aliphatic carbocycles. The van der Waals surface area contributed by atoms with Crippen LogP contribution in [-0.2, 0) is 6.54 Å². The first-order valence-corrected chi connectivity index (χ1v) is 5.97. The van der Waals surface area contributed by atoms with Crippen LogP contribution in [0.3, 0.4) is 0 Å². The highest BCUT2D eigenvalue weighted by Crippen LogP contribution is 2.18. The van der Waals surface area contributed by atoms with Crippen LogP contribution in [0, 0.1) is 11.3 Å². The van der Waals surface area contributed by atoms with Crippen molar-refractivity contribution in [1.82, 2.24) is 20.5 Å². The highest BCUT2D eigenvalue weighted by molar-refractivity contribution is 5.33. The molecule has 6 heteroatoms. The van der Waals surface area contributed by atoms with E-state index >= 15 is 0 Å². The molecular formula is C13H15N5O. The van der Waals surface area contributed by atoms with Gasteiger partial charge in [-0.1, -0.05) is 18.2 Å². The second-order valence-corrected chi connectivity index (χ2v) is 4.03. The Morgan fingerprint density at radius 1 is 1.47 bits per heavy atom. The van der Waals surface area contributed by atoms with Gasteiger partial charge in [0.1, 0.15) is 24.0 Å². The number of H-pyrrole nitrogens is 1. The van der Waals surface area contributed by atoms with Crippen molar-refractivity contribution < 1.29 is 4.74 Å². The lowest BCUT2D eigenvalue weighted by Gasteiger charge is -2.13. The van der Waals surface area contributed by atoms with Crippen LogP contribution in [0.5, 0.6) is 5.75 Å². The standard InChI is InChI=1S/C13H15N5O/c1-10(13-16-9-17-18-13)15-8-11-4-2-3-5-12(11)19-7-6-14/h2-5,9-10,15H,7-8H2,1H3,(H,16,17,18). The van der Waals surface area contributed by atoms with Gasteiger partial charge >= 0.3 is 0 Å². The zero-order valence-corrected chi connectivity index (χ0v) is 10.6. The number of para-hydroxylation sites is 1. The molecule has 1 heterocycles. The highest BCUT2D eigenvalue weighted by atomic mass is 16.5. The third-order valence-corrected chi connectivity index (χ3v) is 2.71. The molecule has 98 valence electrons. The molecule has 1 aromatic carbocycles. The van der Waals surface area contributed by atoms with Crippen molar-refractivity contribution in [3.63, 3.8) is 0 Å². The first-order valence-electron chi connectivity index (χ1n) is 5.97. The lowest BCUT2D eigenvalue weighted by molar-refractivity contribution is 0.361. The van der Waals surface area contributed by atoms with Crippen LogP contribution in [0.25, 0.3) is 0 Å². The molecule has 0 aliphatic heterocycles. The fourth-order valence-corrected chi connectivity index (χ4v) is 1.68. The topological polar surface area (TPSA) is 86.6 Å². The van der Waals surface area contributed by atoms with Crippen LogP contribution in [0.15, 0.2) is 30.6 Å². The maximum Gasteiger partial charge on any atom is 0.174 e. The van der Waals surface area contributed by atoms with Gasteiger partial charge in [0.25, 0.3) is 0 Å². The number of hydrogen-bond donors (Lipinski definition) is 2. The number of aromatic amines is 1. The SMILES string of the molecule is CC(NCc1ccccc1OCC#N)c1ncn[nH]1. The van der Waals surface area contributed by atoms with Crippen molar-refractivity contribution >= 4 is 0 Å². The van der Waals surface area contributed by atoms with Crippen molar-refractivity contribution in [3.8, 4) is 11.8 Å². The minimum atomic E-state index is 0.0503. The lowest BCUT2D eigenvalue weighted by atomic mass is 10.2. The average Bonchev–Trinajstić information content (AvgIpc) is 2.97. The molecule has 0 bridgehead atoms. The van der Waals surface area contributed by atoms with E-state index in [2.05, 4.69) is 20.5 Å². The Balaban J connectivity index is 1.97. The van der Waals surface area contributed by atoms with Gasteiger partial charge in [0.15, 0.2) is 6.61 Å². The maximum atomic E-state index is 8.55. The monoisotopic (exact) mass is 257 g/mol. The van der Waals surface area contributed by atoms with Crippen molar-refractivity contribution in [2.24, 2.45) is 0 Å². The van der Waals surface area contributed by atoms with E-state index in [4.69, 9.17) is 10.00 Å². The third kappa shape index (κ3) is 3.53. The van der Waals surface area contributed by atoms with E-state index < -0.39 is 0 Å². The summed E-state index contributed by atoms with van der Waals surface area (Å²) in [7, 11) is 0. The van der Waals surface area contributed by atoms with Gasteiger partial charge in [0.2, 0.25) is 0 Å². The largest absolute Gasteiger partial charge is 0.478 e. The van der Waals surface area contributed by atoms with E-state index in [0.717, 1.165) is 17.1 Å². The van der Waals surface area contributed by atoms with Crippen LogP contribution in [0.4, 0.5) is 0 Å². The average molecular weight is 257 g/mol. The number of ether oxygens (including phenoxy) is 1. The van der Waals surface area contributed by atoms with Gasteiger partial charge in [-0.2, -0.15) is 10.4 Å². The second-order valence-electron chi connectivity index (χ2n) is 4.03. The maximum absolute atomic E-state index is 8.55. The van der Waals surface area contributed by atoms with Crippen LogP contribution in [-0.4, -0.2) is 21.8 Å². The summed E-state index contributed by atoms with van der Waals surface area (Å²) in [4.78, 5) is 4.10. The predicted octanol–water partition coefficient (Wildman–Crippen LogP) is 1.56. The van der Waals surface area contributed by atoms with Gasteiger partial charge in [0, 0.05) is 12.1 Å². The molecule has 0 saturated carbocycles. The molecule has 2 aromatic rings. The fraction of sp³-hybridized carbons (Fsp3) is 0.308. The third-order valence-electron chi connectivity index (χ3n) is 2.71. The summed E-state index contributed by atoms with van der Waals surface area (Å²) in [5.74, 6) is 1.51.